The van der Waals surface area contributed by atoms with E-state index < -0.39 is 17.8 Å². The monoisotopic (exact) mass is 599 g/mol. The van der Waals surface area contributed by atoms with Crippen LogP contribution < -0.4 is 14.8 Å². The van der Waals surface area contributed by atoms with Crippen LogP contribution in [0.5, 0.6) is 11.5 Å². The number of amides is 1. The average molecular weight is 600 g/mol. The van der Waals surface area contributed by atoms with Crippen LogP contribution in [0.25, 0.3) is 44.3 Å². The molecule has 7 nitrogen and oxygen atoms in total. The molecule has 4 aromatic carbocycles. The maximum Gasteiger partial charge on any atom is 0.252 e. The van der Waals surface area contributed by atoms with Gasteiger partial charge >= 0.3 is 0 Å². The zero-order valence-electron chi connectivity index (χ0n) is 24.5. The van der Waals surface area contributed by atoms with Crippen LogP contribution in [0.4, 0.5) is 4.39 Å². The number of pyridine rings is 1. The SMILES string of the molecule is COc1cc2c(cc1-c1ccncc1)COc1cc(-c3ccccc3F)c(C(=O)N[C@@H](CO)Cc3c[nH]c4ccccc34)cc1-2. The second kappa shape index (κ2) is 11.9. The molecule has 0 fully saturated rings. The maximum atomic E-state index is 15.2. The van der Waals surface area contributed by atoms with Crippen molar-refractivity contribution in [2.45, 2.75) is 19.1 Å². The fourth-order valence-electron chi connectivity index (χ4n) is 6.07. The lowest BCUT2D eigenvalue weighted by molar-refractivity contribution is 0.0917. The second-order valence-corrected chi connectivity index (χ2v) is 11.0. The molecule has 0 saturated carbocycles. The van der Waals surface area contributed by atoms with E-state index in [1.54, 1.807) is 49.8 Å². The molecule has 1 amide bonds. The van der Waals surface area contributed by atoms with Crippen LogP contribution in [0.1, 0.15) is 21.5 Å². The Morgan fingerprint density at radius 1 is 0.978 bits per heavy atom. The predicted octanol–water partition coefficient (Wildman–Crippen LogP) is 6.94. The Hall–Kier alpha value is -5.47. The average Bonchev–Trinajstić information content (AvgIpc) is 3.49. The van der Waals surface area contributed by atoms with Gasteiger partial charge in [0.15, 0.2) is 0 Å². The summed E-state index contributed by atoms with van der Waals surface area (Å²) in [6.07, 6.45) is 5.76. The molecule has 0 saturated heterocycles. The van der Waals surface area contributed by atoms with E-state index in [9.17, 15) is 9.90 Å². The van der Waals surface area contributed by atoms with Gasteiger partial charge in [-0.3, -0.25) is 9.78 Å². The quantitative estimate of drug-likeness (QED) is 0.176. The van der Waals surface area contributed by atoms with Gasteiger partial charge in [-0.15, -0.1) is 0 Å². The van der Waals surface area contributed by atoms with Crippen LogP contribution in [0.3, 0.4) is 0 Å². The summed E-state index contributed by atoms with van der Waals surface area (Å²) < 4.78 is 27.2. The number of halogens is 1. The number of para-hydroxylation sites is 1. The number of nitrogens with one attached hydrogen (secondary N) is 2. The van der Waals surface area contributed by atoms with Gasteiger partial charge in [-0.25, -0.2) is 4.39 Å². The molecule has 0 bridgehead atoms. The summed E-state index contributed by atoms with van der Waals surface area (Å²) in [5, 5.41) is 14.3. The first-order chi connectivity index (χ1) is 22.0. The minimum Gasteiger partial charge on any atom is -0.496 e. The van der Waals surface area contributed by atoms with E-state index >= 15 is 4.39 Å². The van der Waals surface area contributed by atoms with E-state index in [1.165, 1.54) is 6.07 Å². The number of carbonyl (C=O) groups is 1. The number of H-pyrrole nitrogens is 1. The van der Waals surface area contributed by atoms with Gasteiger partial charge in [0.2, 0.25) is 0 Å². The molecule has 0 unspecified atom stereocenters. The summed E-state index contributed by atoms with van der Waals surface area (Å²) in [6.45, 7) is 0.0238. The molecule has 224 valence electrons. The molecule has 8 heteroatoms. The van der Waals surface area contributed by atoms with E-state index in [0.29, 0.717) is 35.7 Å². The molecule has 1 atom stereocenters. The van der Waals surface area contributed by atoms with Crippen LogP contribution in [-0.2, 0) is 13.0 Å². The standard InChI is InChI=1S/C37H30FN3O4/c1-44-35-17-28-24(15-29(35)22-10-12-39-13-11-22)21-45-36-18-30(27-7-2-4-8-33(27)38)32(16-31(28)36)37(43)41-25(20-42)14-23-19-40-34-9-5-3-6-26(23)34/h2-13,15-19,25,40,42H,14,20-21H2,1H3,(H,41,43)/t25-/m1/s1. The van der Waals surface area contributed by atoms with Crippen molar-refractivity contribution in [2.75, 3.05) is 13.7 Å². The Balaban J connectivity index is 1.30. The number of carbonyl (C=O) groups excluding carboxylic acids is 1. The second-order valence-electron chi connectivity index (χ2n) is 11.0. The lowest BCUT2D eigenvalue weighted by Crippen LogP contribution is -2.39. The van der Waals surface area contributed by atoms with Crippen LogP contribution in [-0.4, -0.2) is 40.7 Å². The lowest BCUT2D eigenvalue weighted by Gasteiger charge is -2.25. The van der Waals surface area contributed by atoms with Crippen molar-refractivity contribution in [3.63, 3.8) is 0 Å². The van der Waals surface area contributed by atoms with E-state index in [-0.39, 0.29) is 17.7 Å². The van der Waals surface area contributed by atoms with Crippen molar-refractivity contribution in [2.24, 2.45) is 0 Å². The first-order valence-electron chi connectivity index (χ1n) is 14.7. The normalized spacial score (nSPS) is 12.6. The molecule has 0 aliphatic carbocycles. The first-order valence-corrected chi connectivity index (χ1v) is 14.7. The minimum absolute atomic E-state index is 0.268. The number of benzene rings is 4. The molecular weight excluding hydrogens is 569 g/mol. The highest BCUT2D eigenvalue weighted by Crippen LogP contribution is 2.45. The van der Waals surface area contributed by atoms with Gasteiger partial charge in [0.05, 0.1) is 19.8 Å². The number of rotatable bonds is 8. The van der Waals surface area contributed by atoms with Gasteiger partial charge in [0.25, 0.3) is 5.91 Å². The van der Waals surface area contributed by atoms with E-state index in [4.69, 9.17) is 9.47 Å². The molecular formula is C37H30FN3O4. The number of nitrogens with zero attached hydrogens (tertiary/aromatic N) is 1. The third kappa shape index (κ3) is 5.30. The van der Waals surface area contributed by atoms with Crippen LogP contribution >= 0.6 is 0 Å². The molecule has 3 N–H and O–H groups in total. The third-order valence-corrected chi connectivity index (χ3v) is 8.32. The number of aromatic amines is 1. The van der Waals surface area contributed by atoms with Gasteiger partial charge in [-0.1, -0.05) is 36.4 Å². The molecule has 0 radical (unpaired) electrons. The maximum absolute atomic E-state index is 15.2. The lowest BCUT2D eigenvalue weighted by atomic mass is 9.88. The zero-order chi connectivity index (χ0) is 30.9. The van der Waals surface area contributed by atoms with Crippen LogP contribution in [0, 0.1) is 5.82 Å². The van der Waals surface area contributed by atoms with Crippen molar-refractivity contribution in [3.8, 4) is 44.9 Å². The summed E-state index contributed by atoms with van der Waals surface area (Å²) in [4.78, 5) is 21.4. The Bertz CT molecular complexity index is 2040. The van der Waals surface area contributed by atoms with E-state index in [2.05, 4.69) is 15.3 Å². The summed E-state index contributed by atoms with van der Waals surface area (Å²) in [5.74, 6) is 0.316. The van der Waals surface area contributed by atoms with Gasteiger partial charge in [0.1, 0.15) is 23.9 Å². The molecule has 6 aromatic rings. The number of fused-ring (bicyclic) bond motifs is 4. The van der Waals surface area contributed by atoms with Crippen LogP contribution in [0.2, 0.25) is 0 Å². The number of methoxy groups -OCH3 is 1. The van der Waals surface area contributed by atoms with Crippen molar-refractivity contribution in [1.29, 1.82) is 0 Å². The molecule has 3 heterocycles. The van der Waals surface area contributed by atoms with Crippen molar-refractivity contribution < 1.29 is 23.8 Å². The van der Waals surface area contributed by atoms with Gasteiger partial charge in [-0.2, -0.15) is 0 Å². The van der Waals surface area contributed by atoms with Gasteiger partial charge < -0.3 is 24.9 Å². The number of aliphatic hydroxyl groups is 1. The Morgan fingerprint density at radius 3 is 2.58 bits per heavy atom. The number of ether oxygens (including phenoxy) is 2. The van der Waals surface area contributed by atoms with Crippen molar-refractivity contribution >= 4 is 16.8 Å². The van der Waals surface area contributed by atoms with Crippen LogP contribution in [0.15, 0.2) is 104 Å². The van der Waals surface area contributed by atoms with E-state index in [0.717, 1.165) is 38.7 Å². The summed E-state index contributed by atoms with van der Waals surface area (Å²) in [5.41, 5.74) is 7.23. The Labute approximate surface area is 259 Å². The van der Waals surface area contributed by atoms with Gasteiger partial charge in [0, 0.05) is 57.3 Å². The number of hydrogen-bond donors (Lipinski definition) is 3. The smallest absolute Gasteiger partial charge is 0.252 e. The highest BCUT2D eigenvalue weighted by Gasteiger charge is 2.27. The predicted molar refractivity (Wildman–Crippen MR) is 172 cm³/mol. The minimum atomic E-state index is -0.576. The molecule has 1 aliphatic rings. The molecule has 2 aromatic heterocycles. The number of aliphatic hydroxyl groups excluding tert-OH is 1. The molecule has 7 rings (SSSR count). The highest BCUT2D eigenvalue weighted by atomic mass is 19.1. The Morgan fingerprint density at radius 2 is 1.78 bits per heavy atom. The zero-order valence-corrected chi connectivity index (χ0v) is 24.5. The first kappa shape index (κ1) is 28.3. The third-order valence-electron chi connectivity index (χ3n) is 8.32. The Kier molecular flexibility index (Phi) is 7.49. The van der Waals surface area contributed by atoms with Crippen molar-refractivity contribution in [1.82, 2.24) is 15.3 Å². The van der Waals surface area contributed by atoms with E-state index in [1.807, 2.05) is 54.7 Å². The largest absolute Gasteiger partial charge is 0.496 e. The molecule has 1 aliphatic heterocycles. The topological polar surface area (TPSA) is 96.5 Å². The summed E-state index contributed by atoms with van der Waals surface area (Å²) >= 11 is 0. The van der Waals surface area contributed by atoms with Gasteiger partial charge in [-0.05, 0) is 77.2 Å². The van der Waals surface area contributed by atoms with Crippen molar-refractivity contribution in [3.05, 3.63) is 126 Å². The number of aromatic nitrogens is 2. The fourth-order valence-corrected chi connectivity index (χ4v) is 6.07. The molecule has 45 heavy (non-hydrogen) atoms. The fraction of sp³-hybridized carbons (Fsp3) is 0.135. The summed E-state index contributed by atoms with van der Waals surface area (Å²) in [7, 11) is 1.62. The highest BCUT2D eigenvalue weighted by molar-refractivity contribution is 6.03. The molecule has 0 spiro atoms. The summed E-state index contributed by atoms with van der Waals surface area (Å²) in [6, 6.07) is 24.9. The number of hydrogen-bond acceptors (Lipinski definition) is 5.